The first-order valence-corrected chi connectivity index (χ1v) is 7.82. The molecule has 0 atom stereocenters. The summed E-state index contributed by atoms with van der Waals surface area (Å²) in [6.07, 6.45) is 2.16. The Balaban J connectivity index is 1.93. The fraction of sp³-hybridized carbons (Fsp3) is 0.353. The van der Waals surface area contributed by atoms with E-state index in [2.05, 4.69) is 68.1 Å². The molecule has 2 nitrogen and oxygen atoms in total. The van der Waals surface area contributed by atoms with Crippen molar-refractivity contribution in [3.8, 4) is 0 Å². The highest BCUT2D eigenvalue weighted by Crippen LogP contribution is 2.25. The summed E-state index contributed by atoms with van der Waals surface area (Å²) in [5.74, 6) is 0. The van der Waals surface area contributed by atoms with E-state index < -0.39 is 0 Å². The van der Waals surface area contributed by atoms with E-state index in [0.29, 0.717) is 0 Å². The van der Waals surface area contributed by atoms with Crippen LogP contribution in [0.5, 0.6) is 0 Å². The van der Waals surface area contributed by atoms with Gasteiger partial charge in [0.25, 0.3) is 0 Å². The second-order valence-electron chi connectivity index (χ2n) is 6.38. The number of rotatable bonds is 2. The molecule has 0 amide bonds. The number of benzene rings is 1. The van der Waals surface area contributed by atoms with Gasteiger partial charge in [-0.15, -0.1) is 11.3 Å². The highest BCUT2D eigenvalue weighted by atomic mass is 32.1. The predicted molar refractivity (Wildman–Crippen MR) is 86.6 cm³/mol. The molecular weight excluding hydrogens is 264 g/mol. The number of nitrogens with zero attached hydrogens (tertiary/aromatic N) is 2. The molecular formula is C17H20N2S. The molecule has 0 N–H and O–H groups in total. The van der Waals surface area contributed by atoms with Gasteiger partial charge in [-0.05, 0) is 30.0 Å². The molecule has 0 radical (unpaired) electrons. The summed E-state index contributed by atoms with van der Waals surface area (Å²) >= 11 is 1.76. The first kappa shape index (κ1) is 13.4. The Morgan fingerprint density at radius 2 is 2.00 bits per heavy atom. The van der Waals surface area contributed by atoms with Gasteiger partial charge in [-0.25, -0.2) is 4.98 Å². The van der Waals surface area contributed by atoms with Crippen molar-refractivity contribution >= 4 is 22.2 Å². The summed E-state index contributed by atoms with van der Waals surface area (Å²) in [6, 6.07) is 8.76. The van der Waals surface area contributed by atoms with Crippen LogP contribution in [0.4, 0.5) is 0 Å². The van der Waals surface area contributed by atoms with Crippen molar-refractivity contribution in [1.29, 1.82) is 0 Å². The zero-order valence-corrected chi connectivity index (χ0v) is 13.3. The summed E-state index contributed by atoms with van der Waals surface area (Å²) in [6.45, 7) is 9.62. The van der Waals surface area contributed by atoms with Crippen LogP contribution in [-0.2, 0) is 12.0 Å². The Kier molecular flexibility index (Phi) is 3.17. The molecule has 0 aliphatic carbocycles. The molecule has 0 aliphatic heterocycles. The van der Waals surface area contributed by atoms with Gasteiger partial charge in [0.15, 0.2) is 0 Å². The standard InChI is InChI=1S/C17H20N2S/c1-12-5-6-13-7-8-19(14(13)9-12)10-16-18-15(11-20-16)17(2,3)4/h5-9,11H,10H2,1-4H3. The molecule has 0 saturated heterocycles. The van der Waals surface area contributed by atoms with Crippen molar-refractivity contribution in [2.24, 2.45) is 0 Å². The third-order valence-corrected chi connectivity index (χ3v) is 4.39. The highest BCUT2D eigenvalue weighted by Gasteiger charge is 2.17. The molecule has 3 rings (SSSR count). The van der Waals surface area contributed by atoms with E-state index in [1.165, 1.54) is 27.2 Å². The monoisotopic (exact) mass is 284 g/mol. The van der Waals surface area contributed by atoms with E-state index in [9.17, 15) is 0 Å². The summed E-state index contributed by atoms with van der Waals surface area (Å²) in [4.78, 5) is 4.78. The predicted octanol–water partition coefficient (Wildman–Crippen LogP) is 4.75. The van der Waals surface area contributed by atoms with Gasteiger partial charge in [0.1, 0.15) is 5.01 Å². The van der Waals surface area contributed by atoms with E-state index in [0.717, 1.165) is 6.54 Å². The number of thiazole rings is 1. The molecule has 0 aliphatic rings. The number of hydrogen-bond acceptors (Lipinski definition) is 2. The van der Waals surface area contributed by atoms with Crippen LogP contribution >= 0.6 is 11.3 Å². The summed E-state index contributed by atoms with van der Waals surface area (Å²) < 4.78 is 2.29. The molecule has 3 aromatic rings. The molecule has 0 fully saturated rings. The highest BCUT2D eigenvalue weighted by molar-refractivity contribution is 7.09. The molecule has 3 heteroatoms. The smallest absolute Gasteiger partial charge is 0.113 e. The van der Waals surface area contributed by atoms with Crippen molar-refractivity contribution in [2.45, 2.75) is 39.7 Å². The Labute approximate surface area is 124 Å². The van der Waals surface area contributed by atoms with Gasteiger partial charge in [-0.1, -0.05) is 32.9 Å². The lowest BCUT2D eigenvalue weighted by atomic mass is 9.93. The molecule has 0 spiro atoms. The molecule has 2 heterocycles. The minimum absolute atomic E-state index is 0.129. The molecule has 2 aromatic heterocycles. The first-order chi connectivity index (χ1) is 9.43. The van der Waals surface area contributed by atoms with Crippen molar-refractivity contribution in [1.82, 2.24) is 9.55 Å². The van der Waals surface area contributed by atoms with Crippen LogP contribution in [0.15, 0.2) is 35.8 Å². The lowest BCUT2D eigenvalue weighted by molar-refractivity contribution is 0.570. The van der Waals surface area contributed by atoms with Gasteiger partial charge < -0.3 is 4.57 Å². The quantitative estimate of drug-likeness (QED) is 0.664. The second kappa shape index (κ2) is 4.74. The van der Waals surface area contributed by atoms with E-state index >= 15 is 0 Å². The Bertz CT molecular complexity index is 744. The van der Waals surface area contributed by atoms with Gasteiger partial charge in [-0.3, -0.25) is 0 Å². The minimum Gasteiger partial charge on any atom is -0.341 e. The maximum absolute atomic E-state index is 4.78. The van der Waals surface area contributed by atoms with Gasteiger partial charge >= 0.3 is 0 Å². The van der Waals surface area contributed by atoms with Gasteiger partial charge in [0.05, 0.1) is 12.2 Å². The summed E-state index contributed by atoms with van der Waals surface area (Å²) in [5.41, 5.74) is 3.90. The normalized spacial score (nSPS) is 12.2. The maximum atomic E-state index is 4.78. The Hall–Kier alpha value is -1.61. The van der Waals surface area contributed by atoms with Crippen LogP contribution < -0.4 is 0 Å². The lowest BCUT2D eigenvalue weighted by Gasteiger charge is -2.14. The number of aryl methyl sites for hydroxylation is 1. The molecule has 0 unspecified atom stereocenters. The fourth-order valence-electron chi connectivity index (χ4n) is 2.31. The fourth-order valence-corrected chi connectivity index (χ4v) is 3.32. The van der Waals surface area contributed by atoms with Crippen molar-refractivity contribution in [2.75, 3.05) is 0 Å². The topological polar surface area (TPSA) is 17.8 Å². The van der Waals surface area contributed by atoms with Crippen molar-refractivity contribution in [3.05, 3.63) is 52.1 Å². The largest absolute Gasteiger partial charge is 0.341 e. The first-order valence-electron chi connectivity index (χ1n) is 6.94. The van der Waals surface area contributed by atoms with E-state index in [1.54, 1.807) is 11.3 Å². The lowest BCUT2D eigenvalue weighted by Crippen LogP contribution is -2.11. The zero-order chi connectivity index (χ0) is 14.3. The van der Waals surface area contributed by atoms with Crippen LogP contribution in [0, 0.1) is 6.92 Å². The number of fused-ring (bicyclic) bond motifs is 1. The van der Waals surface area contributed by atoms with Crippen LogP contribution in [0.1, 0.15) is 37.0 Å². The molecule has 0 saturated carbocycles. The van der Waals surface area contributed by atoms with Crippen LogP contribution in [-0.4, -0.2) is 9.55 Å². The van der Waals surface area contributed by atoms with Gasteiger partial charge in [0, 0.05) is 22.5 Å². The van der Waals surface area contributed by atoms with Crippen LogP contribution in [0.3, 0.4) is 0 Å². The third kappa shape index (κ3) is 2.50. The summed E-state index contributed by atoms with van der Waals surface area (Å²) in [7, 11) is 0. The molecule has 104 valence electrons. The van der Waals surface area contributed by atoms with Crippen LogP contribution in [0.2, 0.25) is 0 Å². The number of aromatic nitrogens is 2. The van der Waals surface area contributed by atoms with Crippen molar-refractivity contribution in [3.63, 3.8) is 0 Å². The molecule has 0 bridgehead atoms. The van der Waals surface area contributed by atoms with E-state index in [1.807, 2.05) is 0 Å². The average molecular weight is 284 g/mol. The SMILES string of the molecule is Cc1ccc2ccn(Cc3nc(C(C)(C)C)cs3)c2c1. The molecule has 1 aromatic carbocycles. The third-order valence-electron chi connectivity index (χ3n) is 3.56. The Morgan fingerprint density at radius 1 is 1.20 bits per heavy atom. The zero-order valence-electron chi connectivity index (χ0n) is 12.5. The van der Waals surface area contributed by atoms with Gasteiger partial charge in [0.2, 0.25) is 0 Å². The van der Waals surface area contributed by atoms with Gasteiger partial charge in [-0.2, -0.15) is 0 Å². The minimum atomic E-state index is 0.129. The maximum Gasteiger partial charge on any atom is 0.113 e. The van der Waals surface area contributed by atoms with Crippen molar-refractivity contribution < 1.29 is 0 Å². The summed E-state index contributed by atoms with van der Waals surface area (Å²) in [5, 5.41) is 4.66. The molecule has 20 heavy (non-hydrogen) atoms. The second-order valence-corrected chi connectivity index (χ2v) is 7.33. The van der Waals surface area contributed by atoms with E-state index in [-0.39, 0.29) is 5.41 Å². The average Bonchev–Trinajstić information content (AvgIpc) is 2.97. The Morgan fingerprint density at radius 3 is 2.70 bits per heavy atom. The van der Waals surface area contributed by atoms with Crippen LogP contribution in [0.25, 0.3) is 10.9 Å². The van der Waals surface area contributed by atoms with E-state index in [4.69, 9.17) is 4.98 Å². The number of hydrogen-bond donors (Lipinski definition) is 0.